The van der Waals surface area contributed by atoms with E-state index < -0.39 is 13.1 Å². The molecule has 0 amide bonds. The van der Waals surface area contributed by atoms with Crippen LogP contribution in [-0.4, -0.2) is 0 Å². The van der Waals surface area contributed by atoms with E-state index in [1.54, 1.807) is 0 Å². The molecule has 8 nitrogen and oxygen atoms in total. The molecule has 2 atom stereocenters. The van der Waals surface area contributed by atoms with Crippen molar-refractivity contribution in [3.63, 3.8) is 0 Å². The Balaban J connectivity index is -0.0000000287. The van der Waals surface area contributed by atoms with Crippen molar-refractivity contribution in [2.75, 3.05) is 0 Å². The predicted molar refractivity (Wildman–Crippen MR) is 103 cm³/mol. The summed E-state index contributed by atoms with van der Waals surface area (Å²) in [5.74, 6) is 0. The normalized spacial score (nSPS) is 7.62. The molecule has 0 aliphatic rings. The maximum Gasteiger partial charge on any atom is 0 e. The van der Waals surface area contributed by atoms with Gasteiger partial charge in [-0.1, -0.05) is 64.0 Å². The second-order valence-corrected chi connectivity index (χ2v) is 13.5. The molecule has 1 aromatic heterocycles. The van der Waals surface area contributed by atoms with Crippen molar-refractivity contribution < 1.29 is 71.4 Å². The quantitative estimate of drug-likeness (QED) is 0.194. The van der Waals surface area contributed by atoms with Crippen molar-refractivity contribution in [1.82, 2.24) is 0 Å². The standard InChI is InChI=1S/C10H18Cl2P2.8CO.2Fe/c1-9(2,3)7-8(10(4,5)6)14(12)13(7)11;8*1-2;;/h1-6H3;;;;;;;;;;. The van der Waals surface area contributed by atoms with Gasteiger partial charge in [-0.25, -0.2) is 0 Å². The molecule has 0 bridgehead atoms. The molecule has 0 aliphatic heterocycles. The smallest absolute Gasteiger partial charge is 0 e. The number of hydrogen-bond acceptors (Lipinski definition) is 0. The summed E-state index contributed by atoms with van der Waals surface area (Å²) in [5, 5.41) is 2.87. The van der Waals surface area contributed by atoms with Crippen molar-refractivity contribution >= 4 is 35.6 Å². The van der Waals surface area contributed by atoms with Crippen LogP contribution in [-0.2, 0) is 82.2 Å². The third kappa shape index (κ3) is 32.1. The first-order valence-corrected chi connectivity index (χ1v) is 11.6. The molecule has 14 heteroatoms. The summed E-state index contributed by atoms with van der Waals surface area (Å²) in [5.41, 5.74) is 0.369. The number of rotatable bonds is 0. The van der Waals surface area contributed by atoms with Crippen LogP contribution in [0.2, 0.25) is 0 Å². The third-order valence-electron chi connectivity index (χ3n) is 2.17. The Labute approximate surface area is 222 Å². The van der Waals surface area contributed by atoms with Gasteiger partial charge in [-0.2, -0.15) is 0 Å². The van der Waals surface area contributed by atoms with Gasteiger partial charge in [0.2, 0.25) is 0 Å². The molecule has 2 unspecified atom stereocenters. The van der Waals surface area contributed by atoms with Gasteiger partial charge in [-0.3, -0.25) is 0 Å². The Bertz CT molecular complexity index is 564. The Kier molecular flexibility index (Phi) is 95.9. The van der Waals surface area contributed by atoms with Gasteiger partial charge in [0.25, 0.3) is 0 Å². The van der Waals surface area contributed by atoms with Gasteiger partial charge < -0.3 is 0 Å². The van der Waals surface area contributed by atoms with Crippen LogP contribution in [0.1, 0.15) is 52.1 Å². The van der Waals surface area contributed by atoms with Crippen molar-refractivity contribution in [1.29, 1.82) is 0 Å². The van der Waals surface area contributed by atoms with Crippen LogP contribution in [0.5, 0.6) is 0 Å². The first kappa shape index (κ1) is 63.5. The summed E-state index contributed by atoms with van der Waals surface area (Å²) in [6.07, 6.45) is 0. The third-order valence-corrected chi connectivity index (χ3v) is 11.7. The maximum atomic E-state index is 7.50. The minimum atomic E-state index is -0.552. The zero-order valence-corrected chi connectivity index (χ0v) is 23.1. The molecule has 32 heavy (non-hydrogen) atoms. The molecule has 0 saturated carbocycles. The molecule has 0 radical (unpaired) electrons. The minimum absolute atomic E-state index is 0. The fourth-order valence-electron chi connectivity index (χ4n) is 1.57. The Hall–Kier alpha value is -0.121. The SMILES string of the molecule is CC(C)(C)c1c(C(C)(C)C)p(Cl)p1Cl.[C-]#[O+].[C-]#[O+].[C-]#[O+].[C-]#[O+].[C-]#[O+].[C-]#[O+].[C-]#[O+].[C-]#[O+].[Fe].[Fe]. The molecule has 0 aliphatic carbocycles. The van der Waals surface area contributed by atoms with Crippen LogP contribution in [0.4, 0.5) is 0 Å². The first-order chi connectivity index (χ1) is 14.1. The van der Waals surface area contributed by atoms with Crippen molar-refractivity contribution in [2.45, 2.75) is 52.4 Å². The van der Waals surface area contributed by atoms with Gasteiger partial charge in [0.1, 0.15) is 0 Å². The summed E-state index contributed by atoms with van der Waals surface area (Å²) >= 11 is 12.7. The molecule has 0 N–H and O–H groups in total. The molecular weight excluding hydrogens is 589 g/mol. The van der Waals surface area contributed by atoms with E-state index in [2.05, 4.69) is 94.7 Å². The molecule has 1 heterocycles. The summed E-state index contributed by atoms with van der Waals surface area (Å²) in [4.78, 5) is 0. The van der Waals surface area contributed by atoms with E-state index in [9.17, 15) is 0 Å². The second-order valence-electron chi connectivity index (χ2n) is 5.72. The molecule has 0 saturated heterocycles. The summed E-state index contributed by atoms with van der Waals surface area (Å²) in [7, 11) is 0. The molecule has 0 aromatic carbocycles. The average Bonchev–Trinajstić information content (AvgIpc) is 2.80. The van der Waals surface area contributed by atoms with Crippen molar-refractivity contribution in [2.24, 2.45) is 0 Å². The molecular formula is C18H18Cl2Fe2O8P2. The van der Waals surface area contributed by atoms with Crippen LogP contribution >= 0.6 is 35.6 Å². The zero-order valence-electron chi connectivity index (χ0n) is 17.6. The first-order valence-electron chi connectivity index (χ1n) is 6.37. The largest absolute Gasteiger partial charge is 0 e. The van der Waals surface area contributed by atoms with E-state index in [4.69, 9.17) is 59.7 Å². The summed E-state index contributed by atoms with van der Waals surface area (Å²) < 4.78 is 60.0. The number of halogens is 2. The monoisotopic (exact) mass is 606 g/mol. The molecule has 1 rings (SSSR count). The van der Waals surface area contributed by atoms with Gasteiger partial charge in [-0.15, -0.1) is 0 Å². The van der Waals surface area contributed by atoms with Crippen LogP contribution in [0.3, 0.4) is 0 Å². The van der Waals surface area contributed by atoms with Crippen LogP contribution in [0, 0.1) is 53.2 Å². The van der Waals surface area contributed by atoms with E-state index in [-0.39, 0.29) is 45.0 Å². The molecule has 0 fully saturated rings. The average molecular weight is 607 g/mol. The van der Waals surface area contributed by atoms with E-state index >= 15 is 0 Å². The molecule has 0 spiro atoms. The Morgan fingerprint density at radius 2 is 0.531 bits per heavy atom. The van der Waals surface area contributed by atoms with Gasteiger partial charge in [0.05, 0.1) is 0 Å². The van der Waals surface area contributed by atoms with Crippen LogP contribution in [0.15, 0.2) is 0 Å². The maximum absolute atomic E-state index is 7.50. The summed E-state index contributed by atoms with van der Waals surface area (Å²) in [6.45, 7) is 48.3. The van der Waals surface area contributed by atoms with Gasteiger partial charge in [-0.05, 0) is 10.8 Å². The summed E-state index contributed by atoms with van der Waals surface area (Å²) in [6, 6.07) is 0. The van der Waals surface area contributed by atoms with E-state index in [1.807, 2.05) is 0 Å². The van der Waals surface area contributed by atoms with Crippen LogP contribution in [0.25, 0.3) is 0 Å². The van der Waals surface area contributed by atoms with Gasteiger partial charge in [0.15, 0.2) is 0 Å². The fraction of sp³-hybridized carbons (Fsp3) is 0.444. The zero-order chi connectivity index (χ0) is 27.3. The fourth-order valence-corrected chi connectivity index (χ4v) is 11.2. The topological polar surface area (TPSA) is 159 Å². The van der Waals surface area contributed by atoms with E-state index in [0.717, 1.165) is 0 Å². The van der Waals surface area contributed by atoms with Crippen molar-refractivity contribution in [3.05, 3.63) is 63.8 Å². The molecule has 178 valence electrons. The Morgan fingerprint density at radius 3 is 0.594 bits per heavy atom. The van der Waals surface area contributed by atoms with Crippen LogP contribution < -0.4 is 0 Å². The van der Waals surface area contributed by atoms with Gasteiger partial charge >= 0.3 is 90.4 Å². The van der Waals surface area contributed by atoms with Gasteiger partial charge in [0, 0.05) is 57.9 Å². The molecule has 1 aromatic rings. The second kappa shape index (κ2) is 48.3. The Morgan fingerprint density at radius 1 is 0.438 bits per heavy atom. The van der Waals surface area contributed by atoms with Crippen molar-refractivity contribution in [3.8, 4) is 0 Å². The predicted octanol–water partition coefficient (Wildman–Crippen LogP) is 5.95. The number of hydrogen-bond donors (Lipinski definition) is 0. The van der Waals surface area contributed by atoms with E-state index in [0.29, 0.717) is 0 Å². The van der Waals surface area contributed by atoms with E-state index in [1.165, 1.54) is 10.6 Å². The minimum Gasteiger partial charge on any atom is 0 e.